The van der Waals surface area contributed by atoms with E-state index in [0.29, 0.717) is 6.42 Å². The van der Waals surface area contributed by atoms with E-state index in [2.05, 4.69) is 15.6 Å². The maximum Gasteiger partial charge on any atom is 0.340 e. The minimum Gasteiger partial charge on any atom is -0.453 e. The highest BCUT2D eigenvalue weighted by atomic mass is 16.6. The summed E-state index contributed by atoms with van der Waals surface area (Å²) in [5, 5.41) is 15.7. The van der Waals surface area contributed by atoms with Gasteiger partial charge in [-0.3, -0.25) is 4.98 Å². The van der Waals surface area contributed by atoms with Gasteiger partial charge in [-0.1, -0.05) is 30.3 Å². The summed E-state index contributed by atoms with van der Waals surface area (Å²) in [4.78, 5) is 28.9. The largest absolute Gasteiger partial charge is 0.453 e. The number of esters is 1. The van der Waals surface area contributed by atoms with Crippen molar-refractivity contribution in [3.63, 3.8) is 0 Å². The average Bonchev–Trinajstić information content (AvgIpc) is 3.30. The van der Waals surface area contributed by atoms with Crippen LogP contribution in [0.5, 0.6) is 0 Å². The zero-order valence-corrected chi connectivity index (χ0v) is 20.4. The third-order valence-electron chi connectivity index (χ3n) is 6.09. The Balaban J connectivity index is 1.50. The molecule has 10 nitrogen and oxygen atoms in total. The molecule has 3 heterocycles. The van der Waals surface area contributed by atoms with E-state index in [4.69, 9.17) is 18.9 Å². The van der Waals surface area contributed by atoms with Gasteiger partial charge in [0.1, 0.15) is 18.3 Å². The Hall–Kier alpha value is -3.05. The molecule has 10 heteroatoms. The minimum absolute atomic E-state index is 0.0109. The van der Waals surface area contributed by atoms with Gasteiger partial charge in [0.05, 0.1) is 31.0 Å². The first kappa shape index (κ1) is 26.0. The highest BCUT2D eigenvalue weighted by Crippen LogP contribution is 2.36. The number of ether oxygens (including phenoxy) is 4. The molecule has 2 aliphatic heterocycles. The number of hydrogen-bond donors (Lipinski definition) is 3. The van der Waals surface area contributed by atoms with Crippen LogP contribution in [0, 0.1) is 0 Å². The molecule has 0 aliphatic carbocycles. The molecule has 1 unspecified atom stereocenters. The van der Waals surface area contributed by atoms with Gasteiger partial charge in [0.2, 0.25) is 0 Å². The molecule has 2 amide bonds. The van der Waals surface area contributed by atoms with E-state index < -0.39 is 36.5 Å². The van der Waals surface area contributed by atoms with E-state index in [1.165, 1.54) is 6.20 Å². The number of nitrogens with one attached hydrogen (secondary N) is 2. The normalized spacial score (nSPS) is 27.3. The lowest BCUT2D eigenvalue weighted by Gasteiger charge is -2.42. The lowest BCUT2D eigenvalue weighted by Crippen LogP contribution is -2.59. The van der Waals surface area contributed by atoms with Crippen molar-refractivity contribution in [2.24, 2.45) is 0 Å². The van der Waals surface area contributed by atoms with E-state index >= 15 is 0 Å². The summed E-state index contributed by atoms with van der Waals surface area (Å²) in [5.74, 6) is -0.594. The van der Waals surface area contributed by atoms with Crippen molar-refractivity contribution in [2.45, 2.75) is 69.5 Å². The van der Waals surface area contributed by atoms with Crippen molar-refractivity contribution < 1.29 is 33.6 Å². The summed E-state index contributed by atoms with van der Waals surface area (Å²) in [6.45, 7) is 3.94. The maximum atomic E-state index is 12.9. The van der Waals surface area contributed by atoms with Crippen LogP contribution in [-0.2, 0) is 25.6 Å². The average molecular weight is 500 g/mol. The number of aliphatic hydroxyl groups excluding tert-OH is 1. The molecule has 2 aromatic rings. The molecule has 2 saturated heterocycles. The number of carbonyl (C=O) groups excluding carboxylic acids is 2. The van der Waals surface area contributed by atoms with Gasteiger partial charge in [0.25, 0.3) is 0 Å². The van der Waals surface area contributed by atoms with Gasteiger partial charge in [0.15, 0.2) is 6.10 Å². The minimum atomic E-state index is -0.913. The smallest absolute Gasteiger partial charge is 0.340 e. The fraction of sp³-hybridized carbons (Fsp3) is 0.500. The number of rotatable bonds is 9. The number of pyridine rings is 1. The summed E-state index contributed by atoms with van der Waals surface area (Å²) in [5.41, 5.74) is 1.23. The third-order valence-corrected chi connectivity index (χ3v) is 6.09. The number of carbonyl (C=O) groups is 2. The second-order valence-electron chi connectivity index (χ2n) is 9.24. The van der Waals surface area contributed by atoms with Crippen molar-refractivity contribution in [2.75, 3.05) is 13.2 Å². The van der Waals surface area contributed by atoms with Crippen LogP contribution in [0.25, 0.3) is 0 Å². The predicted molar refractivity (Wildman–Crippen MR) is 129 cm³/mol. The van der Waals surface area contributed by atoms with E-state index in [-0.39, 0.29) is 43.5 Å². The topological polar surface area (TPSA) is 128 Å². The van der Waals surface area contributed by atoms with Crippen LogP contribution in [0.4, 0.5) is 4.79 Å². The Labute approximate surface area is 210 Å². The number of amides is 2. The fourth-order valence-corrected chi connectivity index (χ4v) is 4.45. The lowest BCUT2D eigenvalue weighted by molar-refractivity contribution is -0.233. The van der Waals surface area contributed by atoms with E-state index in [9.17, 15) is 14.7 Å². The number of aromatic nitrogens is 1. The first-order valence-corrected chi connectivity index (χ1v) is 12.2. The van der Waals surface area contributed by atoms with Crippen molar-refractivity contribution in [1.82, 2.24) is 15.6 Å². The van der Waals surface area contributed by atoms with E-state index in [1.807, 2.05) is 44.2 Å². The SMILES string of the molecule is CC(C)NC(=O)NCC1C[C@H]2O[C@H](CO)[C@@H](OC(=O)c3cccnc3)[C@H](OCc3ccccc3)[C@H]2O1. The van der Waals surface area contributed by atoms with Crippen LogP contribution >= 0.6 is 0 Å². The van der Waals surface area contributed by atoms with Crippen molar-refractivity contribution in [3.8, 4) is 0 Å². The number of fused-ring (bicyclic) bond motifs is 1. The molecule has 1 aromatic heterocycles. The summed E-state index contributed by atoms with van der Waals surface area (Å²) in [6, 6.07) is 12.6. The quantitative estimate of drug-likeness (QED) is 0.446. The zero-order valence-electron chi connectivity index (χ0n) is 20.4. The summed E-state index contributed by atoms with van der Waals surface area (Å²) < 4.78 is 24.5. The second-order valence-corrected chi connectivity index (χ2v) is 9.24. The molecule has 3 N–H and O–H groups in total. The number of nitrogens with zero attached hydrogens (tertiary/aromatic N) is 1. The Bertz CT molecular complexity index is 992. The van der Waals surface area contributed by atoms with Crippen LogP contribution in [0.3, 0.4) is 0 Å². The molecule has 194 valence electrons. The third kappa shape index (κ3) is 6.58. The molecule has 2 aliphatic rings. The molecule has 4 rings (SSSR count). The van der Waals surface area contributed by atoms with Gasteiger partial charge in [-0.05, 0) is 31.5 Å². The lowest BCUT2D eigenvalue weighted by atomic mass is 9.94. The molecule has 0 saturated carbocycles. The summed E-state index contributed by atoms with van der Waals surface area (Å²) >= 11 is 0. The monoisotopic (exact) mass is 499 g/mol. The Morgan fingerprint density at radius 2 is 1.94 bits per heavy atom. The van der Waals surface area contributed by atoms with E-state index in [0.717, 1.165) is 5.56 Å². The number of hydrogen-bond acceptors (Lipinski definition) is 8. The summed E-state index contributed by atoms with van der Waals surface area (Å²) in [6.07, 6.45) is -0.203. The molecule has 0 bridgehead atoms. The molecule has 0 spiro atoms. The molecular weight excluding hydrogens is 466 g/mol. The predicted octanol–water partition coefficient (Wildman–Crippen LogP) is 1.82. The van der Waals surface area contributed by atoms with E-state index in [1.54, 1.807) is 18.3 Å². The molecular formula is C26H33N3O7. The zero-order chi connectivity index (χ0) is 25.5. The Kier molecular flexibility index (Phi) is 8.87. The highest BCUT2D eigenvalue weighted by Gasteiger charge is 2.53. The van der Waals surface area contributed by atoms with Crippen LogP contribution in [0.15, 0.2) is 54.9 Å². The molecule has 6 atom stereocenters. The Morgan fingerprint density at radius 3 is 2.64 bits per heavy atom. The molecule has 2 fully saturated rings. The standard InChI is InChI=1S/C26H33N3O7/c1-16(2)29-26(32)28-13-19-11-20-22(34-19)24(33-15-17-7-4-3-5-8-17)23(21(14-30)35-20)36-25(31)18-9-6-10-27-12-18/h3-10,12,16,19-24,30H,11,13-15H2,1-2H3,(H2,28,29,32)/t19?,20-,21-,22+,23-,24-/m1/s1. The Morgan fingerprint density at radius 1 is 1.14 bits per heavy atom. The molecule has 0 radical (unpaired) electrons. The molecule has 36 heavy (non-hydrogen) atoms. The first-order valence-electron chi connectivity index (χ1n) is 12.2. The highest BCUT2D eigenvalue weighted by molar-refractivity contribution is 5.89. The van der Waals surface area contributed by atoms with Gasteiger partial charge in [-0.15, -0.1) is 0 Å². The first-order chi connectivity index (χ1) is 17.4. The number of benzene rings is 1. The number of urea groups is 1. The summed E-state index contributed by atoms with van der Waals surface area (Å²) in [7, 11) is 0. The fourth-order valence-electron chi connectivity index (χ4n) is 4.45. The van der Waals surface area contributed by atoms with Crippen LogP contribution in [0.2, 0.25) is 0 Å². The second kappa shape index (κ2) is 12.3. The van der Waals surface area contributed by atoms with Gasteiger partial charge in [-0.25, -0.2) is 9.59 Å². The number of aliphatic hydroxyl groups is 1. The van der Waals surface area contributed by atoms with Gasteiger partial charge in [0, 0.05) is 31.4 Å². The maximum absolute atomic E-state index is 12.9. The van der Waals surface area contributed by atoms with Crippen molar-refractivity contribution in [1.29, 1.82) is 0 Å². The van der Waals surface area contributed by atoms with Crippen molar-refractivity contribution in [3.05, 3.63) is 66.0 Å². The molecule has 1 aromatic carbocycles. The van der Waals surface area contributed by atoms with Gasteiger partial charge < -0.3 is 34.7 Å². The van der Waals surface area contributed by atoms with Crippen LogP contribution in [-0.4, -0.2) is 77.9 Å². The van der Waals surface area contributed by atoms with Gasteiger partial charge in [-0.2, -0.15) is 0 Å². The van der Waals surface area contributed by atoms with Crippen molar-refractivity contribution >= 4 is 12.0 Å². The van der Waals surface area contributed by atoms with Crippen LogP contribution in [0.1, 0.15) is 36.2 Å². The van der Waals surface area contributed by atoms with Crippen LogP contribution < -0.4 is 10.6 Å². The van der Waals surface area contributed by atoms with Gasteiger partial charge >= 0.3 is 12.0 Å².